The average molecular weight is 272 g/mol. The molecule has 2 aliphatic heterocycles. The minimum atomic E-state index is 0.128. The molecular weight excluding hydrogens is 248 g/mol. The lowest BCUT2D eigenvalue weighted by atomic mass is 9.91. The summed E-state index contributed by atoms with van der Waals surface area (Å²) in [7, 11) is 2.28. The number of rotatable bonds is 4. The smallest absolute Gasteiger partial charge is 0.159 e. The molecule has 0 aliphatic carbocycles. The van der Waals surface area contributed by atoms with Crippen LogP contribution in [0.25, 0.3) is 0 Å². The van der Waals surface area contributed by atoms with Crippen LogP contribution in [-0.2, 0) is 0 Å². The van der Waals surface area contributed by atoms with Crippen molar-refractivity contribution in [2.45, 2.75) is 44.7 Å². The van der Waals surface area contributed by atoms with Crippen LogP contribution < -0.4 is 5.32 Å². The van der Waals surface area contributed by atoms with Gasteiger partial charge in [0.2, 0.25) is 0 Å². The van der Waals surface area contributed by atoms with Crippen LogP contribution in [0.4, 0.5) is 5.69 Å². The third-order valence-electron chi connectivity index (χ3n) is 5.08. The van der Waals surface area contributed by atoms with E-state index in [1.165, 1.54) is 25.7 Å². The number of ketones is 1. The zero-order valence-corrected chi connectivity index (χ0v) is 12.4. The van der Waals surface area contributed by atoms with Gasteiger partial charge in [-0.05, 0) is 69.8 Å². The van der Waals surface area contributed by atoms with E-state index < -0.39 is 0 Å². The number of carbonyl (C=O) groups is 1. The van der Waals surface area contributed by atoms with Crippen molar-refractivity contribution in [3.05, 3.63) is 29.8 Å². The lowest BCUT2D eigenvalue weighted by Crippen LogP contribution is -2.41. The Bertz CT molecular complexity index is 468. The van der Waals surface area contributed by atoms with Crippen LogP contribution >= 0.6 is 0 Å². The molecule has 0 radical (unpaired) electrons. The van der Waals surface area contributed by atoms with Crippen LogP contribution in [-0.4, -0.2) is 36.4 Å². The molecule has 0 saturated carbocycles. The Hall–Kier alpha value is -1.35. The Labute approximate surface area is 121 Å². The first-order valence-corrected chi connectivity index (χ1v) is 7.70. The molecule has 20 heavy (non-hydrogen) atoms. The van der Waals surface area contributed by atoms with E-state index in [-0.39, 0.29) is 5.78 Å². The minimum Gasteiger partial charge on any atom is -0.385 e. The second kappa shape index (κ2) is 5.57. The topological polar surface area (TPSA) is 32.3 Å². The maximum absolute atomic E-state index is 11.2. The van der Waals surface area contributed by atoms with Gasteiger partial charge in [0.15, 0.2) is 5.78 Å². The van der Waals surface area contributed by atoms with Crippen molar-refractivity contribution in [3.63, 3.8) is 0 Å². The number of carbonyl (C=O) groups excluding carboxylic acids is 1. The largest absolute Gasteiger partial charge is 0.385 e. The molecule has 1 aromatic rings. The maximum atomic E-state index is 11.2. The number of fused-ring (bicyclic) bond motifs is 2. The molecule has 2 bridgehead atoms. The van der Waals surface area contributed by atoms with Gasteiger partial charge in [-0.2, -0.15) is 0 Å². The lowest BCUT2D eigenvalue weighted by molar-refractivity contribution is 0.101. The third-order valence-corrected chi connectivity index (χ3v) is 5.08. The number of hydrogen-bond acceptors (Lipinski definition) is 3. The summed E-state index contributed by atoms with van der Waals surface area (Å²) in [4.78, 5) is 13.8. The van der Waals surface area contributed by atoms with Gasteiger partial charge in [-0.1, -0.05) is 0 Å². The summed E-state index contributed by atoms with van der Waals surface area (Å²) in [5, 5.41) is 3.53. The van der Waals surface area contributed by atoms with E-state index in [9.17, 15) is 4.79 Å². The van der Waals surface area contributed by atoms with Crippen LogP contribution in [0.2, 0.25) is 0 Å². The Morgan fingerprint density at radius 1 is 1.20 bits per heavy atom. The molecule has 2 atom stereocenters. The number of hydrogen-bond donors (Lipinski definition) is 1. The van der Waals surface area contributed by atoms with Crippen molar-refractivity contribution in [1.82, 2.24) is 4.90 Å². The highest BCUT2D eigenvalue weighted by Crippen LogP contribution is 2.37. The van der Waals surface area contributed by atoms with Gasteiger partial charge in [0.25, 0.3) is 0 Å². The monoisotopic (exact) mass is 272 g/mol. The SMILES string of the molecule is CC(=O)c1ccc(NCC2CC3CCC(C2)N3C)cc1. The zero-order valence-electron chi connectivity index (χ0n) is 12.4. The average Bonchev–Trinajstić information content (AvgIpc) is 2.66. The fraction of sp³-hybridized carbons (Fsp3) is 0.588. The fourth-order valence-electron chi connectivity index (χ4n) is 3.78. The van der Waals surface area contributed by atoms with Crippen molar-refractivity contribution in [3.8, 4) is 0 Å². The number of piperidine rings is 1. The number of Topliss-reactive ketones (excluding diaryl/α,β-unsaturated/α-hetero) is 1. The molecule has 2 saturated heterocycles. The molecule has 0 aromatic heterocycles. The van der Waals surface area contributed by atoms with Gasteiger partial charge in [-0.3, -0.25) is 4.79 Å². The van der Waals surface area contributed by atoms with Crippen molar-refractivity contribution >= 4 is 11.5 Å². The zero-order chi connectivity index (χ0) is 14.1. The summed E-state index contributed by atoms with van der Waals surface area (Å²) in [5.41, 5.74) is 1.91. The highest BCUT2D eigenvalue weighted by atomic mass is 16.1. The Kier molecular flexibility index (Phi) is 3.79. The highest BCUT2D eigenvalue weighted by molar-refractivity contribution is 5.94. The van der Waals surface area contributed by atoms with Gasteiger partial charge in [0.1, 0.15) is 0 Å². The molecule has 3 heteroatoms. The summed E-state index contributed by atoms with van der Waals surface area (Å²) in [6.45, 7) is 2.66. The molecule has 0 amide bonds. The quantitative estimate of drug-likeness (QED) is 0.854. The predicted molar refractivity (Wildman–Crippen MR) is 82.2 cm³/mol. The van der Waals surface area contributed by atoms with E-state index in [1.807, 2.05) is 24.3 Å². The molecule has 0 spiro atoms. The summed E-state index contributed by atoms with van der Waals surface area (Å²) >= 11 is 0. The number of benzene rings is 1. The molecule has 1 N–H and O–H groups in total. The molecule has 2 aliphatic rings. The summed E-state index contributed by atoms with van der Waals surface area (Å²) in [6.07, 6.45) is 5.41. The van der Waals surface area contributed by atoms with Crippen LogP contribution in [0.1, 0.15) is 43.0 Å². The fourth-order valence-corrected chi connectivity index (χ4v) is 3.78. The summed E-state index contributed by atoms with van der Waals surface area (Å²) in [5.74, 6) is 0.916. The Morgan fingerprint density at radius 2 is 1.80 bits per heavy atom. The van der Waals surface area contributed by atoms with Gasteiger partial charge in [-0.25, -0.2) is 0 Å². The maximum Gasteiger partial charge on any atom is 0.159 e. The minimum absolute atomic E-state index is 0.128. The highest BCUT2D eigenvalue weighted by Gasteiger charge is 2.37. The van der Waals surface area contributed by atoms with Crippen molar-refractivity contribution < 1.29 is 4.79 Å². The molecule has 1 aromatic carbocycles. The first-order valence-electron chi connectivity index (χ1n) is 7.70. The van der Waals surface area contributed by atoms with E-state index in [4.69, 9.17) is 0 Å². The van der Waals surface area contributed by atoms with Gasteiger partial charge in [-0.15, -0.1) is 0 Å². The number of nitrogens with one attached hydrogen (secondary N) is 1. The normalized spacial score (nSPS) is 29.4. The van der Waals surface area contributed by atoms with Crippen LogP contribution in [0.3, 0.4) is 0 Å². The summed E-state index contributed by atoms with van der Waals surface area (Å²) in [6, 6.07) is 9.45. The van der Waals surface area contributed by atoms with E-state index in [0.29, 0.717) is 0 Å². The number of anilines is 1. The Morgan fingerprint density at radius 3 is 2.35 bits per heavy atom. The Balaban J connectivity index is 1.54. The van der Waals surface area contributed by atoms with Crippen molar-refractivity contribution in [2.24, 2.45) is 5.92 Å². The standard InChI is InChI=1S/C17H24N2O/c1-12(20)14-3-5-15(6-4-14)18-11-13-9-16-7-8-17(10-13)19(16)2/h3-6,13,16-18H,7-11H2,1-2H3. The van der Waals surface area contributed by atoms with Gasteiger partial charge in [0.05, 0.1) is 0 Å². The van der Waals surface area contributed by atoms with E-state index in [0.717, 1.165) is 35.8 Å². The van der Waals surface area contributed by atoms with Gasteiger partial charge < -0.3 is 10.2 Å². The van der Waals surface area contributed by atoms with E-state index >= 15 is 0 Å². The second-order valence-corrected chi connectivity index (χ2v) is 6.40. The molecule has 2 fully saturated rings. The third kappa shape index (κ3) is 2.73. The van der Waals surface area contributed by atoms with E-state index in [1.54, 1.807) is 6.92 Å². The first kappa shape index (κ1) is 13.6. The first-order chi connectivity index (χ1) is 9.63. The molecular formula is C17H24N2O. The molecule has 2 unspecified atom stereocenters. The van der Waals surface area contributed by atoms with Gasteiger partial charge in [0, 0.05) is 29.9 Å². The molecule has 3 nitrogen and oxygen atoms in total. The molecule has 108 valence electrons. The molecule has 3 rings (SSSR count). The number of nitrogens with zero attached hydrogens (tertiary/aromatic N) is 1. The van der Waals surface area contributed by atoms with Gasteiger partial charge >= 0.3 is 0 Å². The van der Waals surface area contributed by atoms with Crippen LogP contribution in [0, 0.1) is 5.92 Å². The summed E-state index contributed by atoms with van der Waals surface area (Å²) < 4.78 is 0. The van der Waals surface area contributed by atoms with Crippen molar-refractivity contribution in [2.75, 3.05) is 18.9 Å². The molecule has 2 heterocycles. The van der Waals surface area contributed by atoms with Crippen LogP contribution in [0.15, 0.2) is 24.3 Å². The van der Waals surface area contributed by atoms with E-state index in [2.05, 4.69) is 17.3 Å². The second-order valence-electron chi connectivity index (χ2n) is 6.40. The van der Waals surface area contributed by atoms with Crippen LogP contribution in [0.5, 0.6) is 0 Å². The predicted octanol–water partition coefficient (Wildman–Crippen LogP) is 3.17. The van der Waals surface area contributed by atoms with Crippen molar-refractivity contribution in [1.29, 1.82) is 0 Å². The lowest BCUT2D eigenvalue weighted by Gasteiger charge is -2.36.